The van der Waals surface area contributed by atoms with E-state index in [0.717, 1.165) is 5.76 Å². The van der Waals surface area contributed by atoms with Gasteiger partial charge in [0.15, 0.2) is 6.29 Å². The quantitative estimate of drug-likeness (QED) is 0.661. The van der Waals surface area contributed by atoms with Crippen molar-refractivity contribution in [2.24, 2.45) is 0 Å². The van der Waals surface area contributed by atoms with E-state index in [1.165, 1.54) is 6.33 Å². The highest BCUT2D eigenvalue weighted by atomic mass is 35.5. The monoisotopic (exact) mass is 252 g/mol. The first-order valence-electron chi connectivity index (χ1n) is 4.82. The molecule has 0 aliphatic carbocycles. The molecule has 2 heterocycles. The highest BCUT2D eigenvalue weighted by molar-refractivity contribution is 6.32. The molecular weight excluding hydrogens is 244 g/mol. The molecule has 88 valence electrons. The second kappa shape index (κ2) is 4.92. The zero-order valence-corrected chi connectivity index (χ0v) is 9.73. The number of rotatable bonds is 4. The van der Waals surface area contributed by atoms with Crippen molar-refractivity contribution >= 4 is 23.7 Å². The summed E-state index contributed by atoms with van der Waals surface area (Å²) in [5, 5.41) is 6.87. The number of carbonyl (C=O) groups is 1. The van der Waals surface area contributed by atoms with E-state index in [2.05, 4.69) is 20.4 Å². The minimum absolute atomic E-state index is 0.119. The number of nitrogens with one attached hydrogen (secondary N) is 1. The fourth-order valence-electron chi connectivity index (χ4n) is 1.29. The lowest BCUT2D eigenvalue weighted by molar-refractivity contribution is 0.112. The van der Waals surface area contributed by atoms with E-state index in [4.69, 9.17) is 16.1 Å². The van der Waals surface area contributed by atoms with Crippen molar-refractivity contribution in [3.8, 4) is 0 Å². The van der Waals surface area contributed by atoms with Crippen molar-refractivity contribution in [2.45, 2.75) is 13.5 Å². The first-order valence-corrected chi connectivity index (χ1v) is 5.20. The molecular formula is C10H9ClN4O2. The van der Waals surface area contributed by atoms with Crippen LogP contribution in [0.5, 0.6) is 0 Å². The van der Waals surface area contributed by atoms with Crippen LogP contribution in [0.25, 0.3) is 0 Å². The fraction of sp³-hybridized carbons (Fsp3) is 0.200. The number of aryl methyl sites for hydroxylation is 1. The highest BCUT2D eigenvalue weighted by Crippen LogP contribution is 2.17. The maximum absolute atomic E-state index is 10.8. The van der Waals surface area contributed by atoms with Gasteiger partial charge in [-0.15, -0.1) is 0 Å². The lowest BCUT2D eigenvalue weighted by Crippen LogP contribution is -2.05. The Morgan fingerprint density at radius 3 is 3.00 bits per heavy atom. The Morgan fingerprint density at radius 2 is 2.35 bits per heavy atom. The molecule has 0 atom stereocenters. The number of aldehydes is 1. The molecule has 1 N–H and O–H groups in total. The third-order valence-corrected chi connectivity index (χ3v) is 2.37. The minimum Gasteiger partial charge on any atom is -0.364 e. The van der Waals surface area contributed by atoms with Gasteiger partial charge in [0.1, 0.15) is 28.8 Å². The molecule has 0 unspecified atom stereocenters. The van der Waals surface area contributed by atoms with Crippen LogP contribution in [0.15, 0.2) is 16.9 Å². The maximum Gasteiger partial charge on any atom is 0.156 e. The molecule has 0 saturated heterocycles. The number of nitrogens with zero attached hydrogens (tertiary/aromatic N) is 3. The Morgan fingerprint density at radius 1 is 1.53 bits per heavy atom. The highest BCUT2D eigenvalue weighted by Gasteiger charge is 2.09. The Kier molecular flexibility index (Phi) is 3.34. The normalized spacial score (nSPS) is 10.2. The number of hydrogen-bond acceptors (Lipinski definition) is 6. The zero-order chi connectivity index (χ0) is 12.3. The summed E-state index contributed by atoms with van der Waals surface area (Å²) < 4.78 is 4.91. The predicted octanol–water partition coefficient (Wildman–Crippen LogP) is 1.85. The molecule has 0 aromatic carbocycles. The molecule has 2 rings (SSSR count). The van der Waals surface area contributed by atoms with Gasteiger partial charge in [-0.05, 0) is 6.92 Å². The van der Waals surface area contributed by atoms with E-state index >= 15 is 0 Å². The molecule has 0 radical (unpaired) electrons. The van der Waals surface area contributed by atoms with Gasteiger partial charge in [0.2, 0.25) is 0 Å². The number of hydrogen-bond donors (Lipinski definition) is 1. The fourth-order valence-corrected chi connectivity index (χ4v) is 1.47. The average Bonchev–Trinajstić information content (AvgIpc) is 2.72. The topological polar surface area (TPSA) is 80.9 Å². The number of halogens is 1. The van der Waals surface area contributed by atoms with E-state index in [1.54, 1.807) is 13.0 Å². The summed E-state index contributed by atoms with van der Waals surface area (Å²) in [5.41, 5.74) is 0.948. The maximum atomic E-state index is 10.8. The summed E-state index contributed by atoms with van der Waals surface area (Å²) in [6.45, 7) is 2.19. The molecule has 6 nitrogen and oxygen atoms in total. The lowest BCUT2D eigenvalue weighted by Gasteiger charge is -2.05. The van der Waals surface area contributed by atoms with E-state index in [-0.39, 0.29) is 10.7 Å². The molecule has 0 fully saturated rings. The summed E-state index contributed by atoms with van der Waals surface area (Å²) in [5.74, 6) is 1.10. The molecule has 7 heteroatoms. The van der Waals surface area contributed by atoms with Gasteiger partial charge in [-0.1, -0.05) is 16.8 Å². The van der Waals surface area contributed by atoms with Gasteiger partial charge in [0.25, 0.3) is 0 Å². The molecule has 0 saturated carbocycles. The van der Waals surface area contributed by atoms with Crippen LogP contribution in [-0.2, 0) is 6.54 Å². The van der Waals surface area contributed by atoms with Gasteiger partial charge in [0.05, 0.1) is 12.1 Å². The molecule has 0 aliphatic rings. The van der Waals surface area contributed by atoms with E-state index < -0.39 is 0 Å². The zero-order valence-electron chi connectivity index (χ0n) is 8.98. The summed E-state index contributed by atoms with van der Waals surface area (Å²) in [6, 6.07) is 1.79. The summed E-state index contributed by atoms with van der Waals surface area (Å²) in [7, 11) is 0. The van der Waals surface area contributed by atoms with Gasteiger partial charge in [0, 0.05) is 6.07 Å². The van der Waals surface area contributed by atoms with Crippen molar-refractivity contribution in [1.82, 2.24) is 15.1 Å². The van der Waals surface area contributed by atoms with Crippen LogP contribution in [0.4, 0.5) is 5.82 Å². The van der Waals surface area contributed by atoms with Crippen LogP contribution in [0, 0.1) is 6.92 Å². The number of aromatic nitrogens is 3. The standard InChI is InChI=1S/C10H9ClN4O2/c1-6-2-7(15-17-6)3-12-10-8(4-16)9(11)13-5-14-10/h2,4-5H,3H2,1H3,(H,12,13,14). The molecule has 0 spiro atoms. The SMILES string of the molecule is Cc1cc(CNc2ncnc(Cl)c2C=O)no1. The Balaban J connectivity index is 2.14. The Labute approximate surface area is 102 Å². The second-order valence-corrected chi connectivity index (χ2v) is 3.69. The van der Waals surface area contributed by atoms with Crippen molar-refractivity contribution in [3.63, 3.8) is 0 Å². The molecule has 0 bridgehead atoms. The largest absolute Gasteiger partial charge is 0.364 e. The molecule has 2 aromatic heterocycles. The molecule has 17 heavy (non-hydrogen) atoms. The third-order valence-electron chi connectivity index (χ3n) is 2.07. The van der Waals surface area contributed by atoms with Crippen molar-refractivity contribution in [3.05, 3.63) is 34.6 Å². The number of anilines is 1. The van der Waals surface area contributed by atoms with Crippen molar-refractivity contribution in [2.75, 3.05) is 5.32 Å². The summed E-state index contributed by atoms with van der Waals surface area (Å²) >= 11 is 5.76. The van der Waals surface area contributed by atoms with Crippen LogP contribution in [0.1, 0.15) is 21.8 Å². The van der Waals surface area contributed by atoms with Crippen molar-refractivity contribution in [1.29, 1.82) is 0 Å². The molecule has 0 amide bonds. The molecule has 0 aliphatic heterocycles. The summed E-state index contributed by atoms with van der Waals surface area (Å²) in [6.07, 6.45) is 1.89. The van der Waals surface area contributed by atoms with Gasteiger partial charge in [-0.2, -0.15) is 0 Å². The van der Waals surface area contributed by atoms with Crippen LogP contribution >= 0.6 is 11.6 Å². The second-order valence-electron chi connectivity index (χ2n) is 3.33. The third kappa shape index (κ3) is 2.59. The van der Waals surface area contributed by atoms with Gasteiger partial charge in [-0.25, -0.2) is 9.97 Å². The molecule has 2 aromatic rings. The Bertz CT molecular complexity index is 541. The number of carbonyl (C=O) groups excluding carboxylic acids is 1. The smallest absolute Gasteiger partial charge is 0.156 e. The van der Waals surface area contributed by atoms with Gasteiger partial charge < -0.3 is 9.84 Å². The average molecular weight is 253 g/mol. The van der Waals surface area contributed by atoms with Crippen LogP contribution < -0.4 is 5.32 Å². The van der Waals surface area contributed by atoms with Gasteiger partial charge >= 0.3 is 0 Å². The van der Waals surface area contributed by atoms with Crippen molar-refractivity contribution < 1.29 is 9.32 Å². The van der Waals surface area contributed by atoms with E-state index in [1.807, 2.05) is 0 Å². The Hall–Kier alpha value is -1.95. The van der Waals surface area contributed by atoms with E-state index in [0.29, 0.717) is 24.3 Å². The van der Waals surface area contributed by atoms with Gasteiger partial charge in [-0.3, -0.25) is 4.79 Å². The first-order chi connectivity index (χ1) is 8.20. The predicted molar refractivity (Wildman–Crippen MR) is 61.0 cm³/mol. The lowest BCUT2D eigenvalue weighted by atomic mass is 10.3. The minimum atomic E-state index is 0.119. The van der Waals surface area contributed by atoms with Crippen LogP contribution in [-0.4, -0.2) is 21.4 Å². The first kappa shape index (κ1) is 11.5. The van der Waals surface area contributed by atoms with E-state index in [9.17, 15) is 4.79 Å². The summed E-state index contributed by atoms with van der Waals surface area (Å²) in [4.78, 5) is 18.5. The van der Waals surface area contributed by atoms with Crippen LogP contribution in [0.3, 0.4) is 0 Å². The van der Waals surface area contributed by atoms with Crippen LogP contribution in [0.2, 0.25) is 5.15 Å².